The summed E-state index contributed by atoms with van der Waals surface area (Å²) in [6.07, 6.45) is 2.50. The normalized spacial score (nSPS) is 17.3. The Hall–Kier alpha value is -1.96. The molecule has 0 radical (unpaired) electrons. The molecule has 26 heavy (non-hydrogen) atoms. The quantitative estimate of drug-likeness (QED) is 0.587. The Labute approximate surface area is 158 Å². The zero-order chi connectivity index (χ0) is 17.8. The Bertz CT molecular complexity index is 639. The van der Waals surface area contributed by atoms with Crippen LogP contribution in [0.2, 0.25) is 0 Å². The van der Waals surface area contributed by atoms with E-state index in [1.165, 1.54) is 0 Å². The molecule has 7 nitrogen and oxygen atoms in total. The third-order valence-corrected chi connectivity index (χ3v) is 4.67. The molecule has 1 saturated heterocycles. The van der Waals surface area contributed by atoms with Gasteiger partial charge in [-0.15, -0.1) is 12.4 Å². The van der Waals surface area contributed by atoms with Gasteiger partial charge in [0, 0.05) is 19.7 Å². The number of halogens is 1. The van der Waals surface area contributed by atoms with Crippen LogP contribution in [0.15, 0.2) is 24.3 Å². The molecule has 0 aromatic heterocycles. The number of likely N-dealkylation sites (tertiary alicyclic amines) is 1. The number of hydrogen-bond donors (Lipinski definition) is 1. The largest absolute Gasteiger partial charge is 0.378 e. The van der Waals surface area contributed by atoms with Crippen molar-refractivity contribution in [3.05, 3.63) is 35.4 Å². The number of rotatable bonds is 6. The first-order valence-corrected chi connectivity index (χ1v) is 8.66. The van der Waals surface area contributed by atoms with Crippen LogP contribution >= 0.6 is 12.4 Å². The molecule has 0 spiro atoms. The van der Waals surface area contributed by atoms with Gasteiger partial charge in [-0.05, 0) is 37.9 Å². The standard InChI is InChI=1S/C18H23N3O4.ClH/c19-8-3-11-25-13-6-9-20(10-7-13)16(22)12-21-17(23)14-4-1-2-5-15(14)18(21)24;/h1-2,4-5,13H,3,6-12,19H2;1H. The number of carbonyl (C=O) groups excluding carboxylic acids is 3. The lowest BCUT2D eigenvalue weighted by molar-refractivity contribution is -0.134. The average molecular weight is 382 g/mol. The molecule has 1 aromatic carbocycles. The van der Waals surface area contributed by atoms with Gasteiger partial charge in [-0.25, -0.2) is 0 Å². The molecule has 2 N–H and O–H groups in total. The van der Waals surface area contributed by atoms with Gasteiger partial charge in [-0.2, -0.15) is 0 Å². The smallest absolute Gasteiger partial charge is 0.262 e. The average Bonchev–Trinajstić information content (AvgIpc) is 2.88. The van der Waals surface area contributed by atoms with Crippen LogP contribution in [-0.4, -0.2) is 66.4 Å². The lowest BCUT2D eigenvalue weighted by atomic mass is 10.1. The van der Waals surface area contributed by atoms with Gasteiger partial charge in [0.25, 0.3) is 11.8 Å². The fourth-order valence-electron chi connectivity index (χ4n) is 3.22. The maximum absolute atomic E-state index is 12.5. The predicted molar refractivity (Wildman–Crippen MR) is 98.3 cm³/mol. The molecule has 0 aliphatic carbocycles. The van der Waals surface area contributed by atoms with Crippen molar-refractivity contribution in [1.29, 1.82) is 0 Å². The van der Waals surface area contributed by atoms with Gasteiger partial charge < -0.3 is 15.4 Å². The van der Waals surface area contributed by atoms with Crippen molar-refractivity contribution in [1.82, 2.24) is 9.80 Å². The fraction of sp³-hybridized carbons (Fsp3) is 0.500. The summed E-state index contributed by atoms with van der Waals surface area (Å²) in [7, 11) is 0. The molecule has 1 fully saturated rings. The first-order valence-electron chi connectivity index (χ1n) is 8.66. The SMILES string of the molecule is Cl.NCCCOC1CCN(C(=O)CN2C(=O)c3ccccc3C2=O)CC1. The summed E-state index contributed by atoms with van der Waals surface area (Å²) in [6.45, 7) is 2.21. The second-order valence-corrected chi connectivity index (χ2v) is 6.34. The van der Waals surface area contributed by atoms with E-state index in [1.807, 2.05) is 0 Å². The summed E-state index contributed by atoms with van der Waals surface area (Å²) in [5.41, 5.74) is 6.18. The van der Waals surface area contributed by atoms with E-state index in [0.29, 0.717) is 37.4 Å². The first-order chi connectivity index (χ1) is 12.1. The van der Waals surface area contributed by atoms with Crippen LogP contribution in [0.4, 0.5) is 0 Å². The highest BCUT2D eigenvalue weighted by atomic mass is 35.5. The zero-order valence-electron chi connectivity index (χ0n) is 14.6. The van der Waals surface area contributed by atoms with Crippen molar-refractivity contribution in [2.24, 2.45) is 5.73 Å². The molecule has 2 aliphatic rings. The van der Waals surface area contributed by atoms with Crippen LogP contribution in [0, 0.1) is 0 Å². The van der Waals surface area contributed by atoms with Crippen LogP contribution in [0.3, 0.4) is 0 Å². The van der Waals surface area contributed by atoms with Crippen LogP contribution in [0.25, 0.3) is 0 Å². The summed E-state index contributed by atoms with van der Waals surface area (Å²) in [6, 6.07) is 6.66. The molecule has 3 amide bonds. The van der Waals surface area contributed by atoms with Crippen molar-refractivity contribution in [3.8, 4) is 0 Å². The Morgan fingerprint density at radius 1 is 1.12 bits per heavy atom. The molecule has 142 valence electrons. The van der Waals surface area contributed by atoms with E-state index in [0.717, 1.165) is 24.2 Å². The number of hydrogen-bond acceptors (Lipinski definition) is 5. The zero-order valence-corrected chi connectivity index (χ0v) is 15.4. The van der Waals surface area contributed by atoms with Crippen LogP contribution in [0.1, 0.15) is 40.0 Å². The monoisotopic (exact) mass is 381 g/mol. The number of amides is 3. The second-order valence-electron chi connectivity index (χ2n) is 6.34. The van der Waals surface area contributed by atoms with E-state index in [9.17, 15) is 14.4 Å². The third kappa shape index (κ3) is 4.23. The Balaban J connectivity index is 0.00000243. The Morgan fingerprint density at radius 3 is 2.23 bits per heavy atom. The van der Waals surface area contributed by atoms with Gasteiger partial charge in [0.05, 0.1) is 17.2 Å². The maximum atomic E-state index is 12.5. The van der Waals surface area contributed by atoms with Gasteiger partial charge in [-0.1, -0.05) is 12.1 Å². The van der Waals surface area contributed by atoms with Gasteiger partial charge in [0.1, 0.15) is 6.54 Å². The van der Waals surface area contributed by atoms with Crippen molar-refractivity contribution in [3.63, 3.8) is 0 Å². The molecule has 0 atom stereocenters. The number of piperidine rings is 1. The van der Waals surface area contributed by atoms with E-state index >= 15 is 0 Å². The minimum Gasteiger partial charge on any atom is -0.378 e. The summed E-state index contributed by atoms with van der Waals surface area (Å²) >= 11 is 0. The predicted octanol–water partition coefficient (Wildman–Crippen LogP) is 1.06. The van der Waals surface area contributed by atoms with E-state index in [-0.39, 0.29) is 31.0 Å². The maximum Gasteiger partial charge on any atom is 0.262 e. The number of carbonyl (C=O) groups is 3. The Morgan fingerprint density at radius 2 is 1.69 bits per heavy atom. The summed E-state index contributed by atoms with van der Waals surface area (Å²) in [5.74, 6) is -0.988. The van der Waals surface area contributed by atoms with E-state index < -0.39 is 11.8 Å². The van der Waals surface area contributed by atoms with Crippen molar-refractivity contribution >= 4 is 30.1 Å². The highest BCUT2D eigenvalue weighted by Gasteiger charge is 2.37. The Kier molecular flexibility index (Phi) is 7.14. The van der Waals surface area contributed by atoms with E-state index in [1.54, 1.807) is 29.2 Å². The van der Waals surface area contributed by atoms with Gasteiger partial charge in [0.15, 0.2) is 0 Å². The minimum absolute atomic E-state index is 0. The lowest BCUT2D eigenvalue weighted by Gasteiger charge is -2.32. The molecule has 8 heteroatoms. The fourth-order valence-corrected chi connectivity index (χ4v) is 3.22. The van der Waals surface area contributed by atoms with Gasteiger partial charge in [0.2, 0.25) is 5.91 Å². The number of nitrogens with two attached hydrogens (primary N) is 1. The molecule has 2 aliphatic heterocycles. The highest BCUT2D eigenvalue weighted by Crippen LogP contribution is 2.23. The van der Waals surface area contributed by atoms with Crippen LogP contribution in [0.5, 0.6) is 0 Å². The molecular formula is C18H24ClN3O4. The molecule has 0 saturated carbocycles. The number of nitrogens with zero attached hydrogens (tertiary/aromatic N) is 2. The summed E-state index contributed by atoms with van der Waals surface area (Å²) in [4.78, 5) is 39.9. The molecule has 2 heterocycles. The molecule has 0 bridgehead atoms. The van der Waals surface area contributed by atoms with Crippen LogP contribution < -0.4 is 5.73 Å². The summed E-state index contributed by atoms with van der Waals surface area (Å²) in [5, 5.41) is 0. The first kappa shape index (κ1) is 20.4. The number of imide groups is 1. The topological polar surface area (TPSA) is 92.9 Å². The minimum atomic E-state index is -0.394. The molecular weight excluding hydrogens is 358 g/mol. The van der Waals surface area contributed by atoms with Crippen molar-refractivity contribution in [2.75, 3.05) is 32.8 Å². The lowest BCUT2D eigenvalue weighted by Crippen LogP contribution is -2.46. The van der Waals surface area contributed by atoms with Crippen molar-refractivity contribution in [2.45, 2.75) is 25.4 Å². The van der Waals surface area contributed by atoms with E-state index in [2.05, 4.69) is 0 Å². The van der Waals surface area contributed by atoms with Crippen LogP contribution in [-0.2, 0) is 9.53 Å². The third-order valence-electron chi connectivity index (χ3n) is 4.67. The summed E-state index contributed by atoms with van der Waals surface area (Å²) < 4.78 is 5.72. The van der Waals surface area contributed by atoms with Gasteiger partial charge >= 0.3 is 0 Å². The number of ether oxygens (including phenoxy) is 1. The molecule has 0 unspecified atom stereocenters. The number of benzene rings is 1. The van der Waals surface area contributed by atoms with E-state index in [4.69, 9.17) is 10.5 Å². The van der Waals surface area contributed by atoms with Crippen molar-refractivity contribution < 1.29 is 19.1 Å². The molecule has 1 aromatic rings. The van der Waals surface area contributed by atoms with Gasteiger partial charge in [-0.3, -0.25) is 19.3 Å². The highest BCUT2D eigenvalue weighted by molar-refractivity contribution is 6.22. The number of fused-ring (bicyclic) bond motifs is 1. The second kappa shape index (κ2) is 9.12. The molecule has 3 rings (SSSR count).